The molecular formula is C20H20N4O2S2. The van der Waals surface area contributed by atoms with Crippen molar-refractivity contribution in [3.8, 4) is 0 Å². The molecule has 0 atom stereocenters. The predicted molar refractivity (Wildman–Crippen MR) is 114 cm³/mol. The minimum atomic E-state index is -0.224. The molecule has 6 nitrogen and oxygen atoms in total. The van der Waals surface area contributed by atoms with Crippen LogP contribution in [0.15, 0.2) is 46.8 Å². The van der Waals surface area contributed by atoms with Gasteiger partial charge in [-0.15, -0.1) is 10.2 Å². The molecule has 0 aliphatic heterocycles. The number of rotatable bonds is 6. The van der Waals surface area contributed by atoms with E-state index in [0.29, 0.717) is 15.0 Å². The summed E-state index contributed by atoms with van der Waals surface area (Å²) in [6.07, 6.45) is 0. The first kappa shape index (κ1) is 20.0. The number of aromatic nitrogens is 2. The van der Waals surface area contributed by atoms with Gasteiger partial charge < -0.3 is 5.32 Å². The lowest BCUT2D eigenvalue weighted by Crippen LogP contribution is -2.14. The standard InChI is InChI=1S/C20H20N4O2S2/c1-12-8-13(2)10-15(9-12)21-17(25)11-27-20-24-23-19(28-20)22-18(26)16-7-5-4-6-14(16)3/h4-10H,11H2,1-3H3,(H,21,25)(H,22,23,26). The highest BCUT2D eigenvalue weighted by molar-refractivity contribution is 8.01. The summed E-state index contributed by atoms with van der Waals surface area (Å²) < 4.78 is 0.621. The van der Waals surface area contributed by atoms with Crippen molar-refractivity contribution in [1.29, 1.82) is 0 Å². The van der Waals surface area contributed by atoms with Gasteiger partial charge in [-0.3, -0.25) is 14.9 Å². The Kier molecular flexibility index (Phi) is 6.43. The zero-order chi connectivity index (χ0) is 20.1. The Hall–Kier alpha value is -2.71. The molecule has 0 radical (unpaired) electrons. The van der Waals surface area contributed by atoms with Crippen LogP contribution in [0.3, 0.4) is 0 Å². The van der Waals surface area contributed by atoms with E-state index in [1.807, 2.05) is 51.1 Å². The molecule has 0 saturated heterocycles. The van der Waals surface area contributed by atoms with Crippen LogP contribution in [0.4, 0.5) is 10.8 Å². The molecule has 8 heteroatoms. The number of hydrogen-bond donors (Lipinski definition) is 2. The molecule has 0 aliphatic rings. The number of anilines is 2. The summed E-state index contributed by atoms with van der Waals surface area (Å²) >= 11 is 2.53. The van der Waals surface area contributed by atoms with Crippen LogP contribution < -0.4 is 10.6 Å². The number of benzene rings is 2. The minimum absolute atomic E-state index is 0.115. The first-order chi connectivity index (χ1) is 13.4. The van der Waals surface area contributed by atoms with Gasteiger partial charge in [0.25, 0.3) is 5.91 Å². The molecule has 144 valence electrons. The van der Waals surface area contributed by atoms with Crippen LogP contribution in [0.1, 0.15) is 27.0 Å². The maximum absolute atomic E-state index is 12.3. The lowest BCUT2D eigenvalue weighted by molar-refractivity contribution is -0.113. The van der Waals surface area contributed by atoms with E-state index in [-0.39, 0.29) is 17.6 Å². The maximum atomic E-state index is 12.3. The number of hydrogen-bond acceptors (Lipinski definition) is 6. The third-order valence-corrected chi connectivity index (χ3v) is 5.82. The van der Waals surface area contributed by atoms with E-state index in [2.05, 4.69) is 26.9 Å². The number of nitrogens with zero attached hydrogens (tertiary/aromatic N) is 2. The van der Waals surface area contributed by atoms with Crippen molar-refractivity contribution in [2.45, 2.75) is 25.1 Å². The lowest BCUT2D eigenvalue weighted by atomic mass is 10.1. The van der Waals surface area contributed by atoms with E-state index < -0.39 is 0 Å². The third kappa shape index (κ3) is 5.40. The SMILES string of the molecule is Cc1cc(C)cc(NC(=O)CSc2nnc(NC(=O)c3ccccc3C)s2)c1. The molecule has 0 saturated carbocycles. The molecule has 0 unspecified atom stereocenters. The highest BCUT2D eigenvalue weighted by atomic mass is 32.2. The number of carbonyl (C=O) groups excluding carboxylic acids is 2. The van der Waals surface area contributed by atoms with E-state index in [9.17, 15) is 9.59 Å². The van der Waals surface area contributed by atoms with Gasteiger partial charge in [-0.1, -0.05) is 47.4 Å². The van der Waals surface area contributed by atoms with Gasteiger partial charge in [-0.25, -0.2) is 0 Å². The summed E-state index contributed by atoms with van der Waals surface area (Å²) in [5.74, 6) is -0.123. The molecule has 0 aliphatic carbocycles. The minimum Gasteiger partial charge on any atom is -0.325 e. The van der Waals surface area contributed by atoms with Crippen LogP contribution in [-0.2, 0) is 4.79 Å². The molecule has 2 aromatic carbocycles. The number of thioether (sulfide) groups is 1. The van der Waals surface area contributed by atoms with Crippen molar-refractivity contribution in [3.05, 3.63) is 64.7 Å². The number of nitrogens with one attached hydrogen (secondary N) is 2. The topological polar surface area (TPSA) is 84.0 Å². The van der Waals surface area contributed by atoms with Crippen LogP contribution in [0.25, 0.3) is 0 Å². The van der Waals surface area contributed by atoms with Crippen LogP contribution >= 0.6 is 23.1 Å². The zero-order valence-electron chi connectivity index (χ0n) is 15.8. The van der Waals surface area contributed by atoms with Crippen LogP contribution in [0.2, 0.25) is 0 Å². The molecular weight excluding hydrogens is 392 g/mol. The fraction of sp³-hybridized carbons (Fsp3) is 0.200. The first-order valence-corrected chi connectivity index (χ1v) is 10.4. The van der Waals surface area contributed by atoms with Gasteiger partial charge in [-0.05, 0) is 55.7 Å². The van der Waals surface area contributed by atoms with Crippen LogP contribution in [-0.4, -0.2) is 27.8 Å². The van der Waals surface area contributed by atoms with Gasteiger partial charge in [0.15, 0.2) is 4.34 Å². The van der Waals surface area contributed by atoms with E-state index >= 15 is 0 Å². The summed E-state index contributed by atoms with van der Waals surface area (Å²) in [7, 11) is 0. The second kappa shape index (κ2) is 8.99. The molecule has 2 amide bonds. The number of amides is 2. The van der Waals surface area contributed by atoms with Gasteiger partial charge in [0.1, 0.15) is 0 Å². The maximum Gasteiger partial charge on any atom is 0.257 e. The highest BCUT2D eigenvalue weighted by Gasteiger charge is 2.13. The van der Waals surface area contributed by atoms with Gasteiger partial charge >= 0.3 is 0 Å². The van der Waals surface area contributed by atoms with Gasteiger partial charge in [0.05, 0.1) is 5.75 Å². The van der Waals surface area contributed by atoms with E-state index in [1.165, 1.54) is 23.1 Å². The Morgan fingerprint density at radius 1 is 1.00 bits per heavy atom. The fourth-order valence-corrected chi connectivity index (χ4v) is 4.23. The molecule has 0 bridgehead atoms. The Balaban J connectivity index is 1.54. The number of aryl methyl sites for hydroxylation is 3. The predicted octanol–water partition coefficient (Wildman–Crippen LogP) is 4.45. The molecule has 0 spiro atoms. The van der Waals surface area contributed by atoms with Crippen LogP contribution in [0.5, 0.6) is 0 Å². The second-order valence-corrected chi connectivity index (χ2v) is 8.56. The molecule has 3 aromatic rings. The second-order valence-electron chi connectivity index (χ2n) is 6.36. The summed E-state index contributed by atoms with van der Waals surface area (Å²) in [6.45, 7) is 5.86. The fourth-order valence-electron chi connectivity index (χ4n) is 2.68. The molecule has 2 N–H and O–H groups in total. The van der Waals surface area contributed by atoms with Crippen molar-refractivity contribution in [3.63, 3.8) is 0 Å². The van der Waals surface area contributed by atoms with Crippen molar-refractivity contribution in [1.82, 2.24) is 10.2 Å². The molecule has 0 fully saturated rings. The third-order valence-electron chi connectivity index (χ3n) is 3.85. The summed E-state index contributed by atoms with van der Waals surface area (Å²) in [5, 5.41) is 14.1. The van der Waals surface area contributed by atoms with Crippen molar-refractivity contribution >= 4 is 45.7 Å². The summed E-state index contributed by atoms with van der Waals surface area (Å²) in [4.78, 5) is 24.5. The van der Waals surface area contributed by atoms with Crippen molar-refractivity contribution < 1.29 is 9.59 Å². The Bertz CT molecular complexity index is 997. The first-order valence-electron chi connectivity index (χ1n) is 8.62. The van der Waals surface area contributed by atoms with E-state index in [0.717, 1.165) is 22.4 Å². The highest BCUT2D eigenvalue weighted by Crippen LogP contribution is 2.26. The summed E-state index contributed by atoms with van der Waals surface area (Å²) in [5.41, 5.74) is 4.47. The molecule has 28 heavy (non-hydrogen) atoms. The van der Waals surface area contributed by atoms with Crippen molar-refractivity contribution in [2.24, 2.45) is 0 Å². The quantitative estimate of drug-likeness (QED) is 0.462. The van der Waals surface area contributed by atoms with Crippen LogP contribution in [0, 0.1) is 20.8 Å². The largest absolute Gasteiger partial charge is 0.325 e. The Morgan fingerprint density at radius 2 is 1.71 bits per heavy atom. The smallest absolute Gasteiger partial charge is 0.257 e. The van der Waals surface area contributed by atoms with Crippen molar-refractivity contribution in [2.75, 3.05) is 16.4 Å². The number of carbonyl (C=O) groups is 2. The monoisotopic (exact) mass is 412 g/mol. The lowest BCUT2D eigenvalue weighted by Gasteiger charge is -2.06. The molecule has 1 aromatic heterocycles. The average Bonchev–Trinajstić information content (AvgIpc) is 3.07. The summed E-state index contributed by atoms with van der Waals surface area (Å²) in [6, 6.07) is 13.3. The Morgan fingerprint density at radius 3 is 2.43 bits per heavy atom. The normalized spacial score (nSPS) is 10.5. The van der Waals surface area contributed by atoms with Gasteiger partial charge in [0, 0.05) is 11.3 Å². The Labute approximate surface area is 171 Å². The zero-order valence-corrected chi connectivity index (χ0v) is 17.4. The van der Waals surface area contributed by atoms with Gasteiger partial charge in [-0.2, -0.15) is 0 Å². The van der Waals surface area contributed by atoms with Gasteiger partial charge in [0.2, 0.25) is 11.0 Å². The van der Waals surface area contributed by atoms with E-state index in [1.54, 1.807) is 6.07 Å². The van der Waals surface area contributed by atoms with E-state index in [4.69, 9.17) is 0 Å². The molecule has 1 heterocycles. The molecule has 3 rings (SSSR count). The average molecular weight is 413 g/mol.